The Labute approximate surface area is 168 Å². The SMILES string of the molecule is CN(C)C(=O)N1CCC[C@@H](Nc2ccnc(-c3c[nH]c4ccc(C#N)c[n+]34)n2)C1. The lowest BCUT2D eigenvalue weighted by Gasteiger charge is -2.34. The van der Waals surface area contributed by atoms with Crippen molar-refractivity contribution in [3.63, 3.8) is 0 Å². The lowest BCUT2D eigenvalue weighted by Crippen LogP contribution is -2.48. The van der Waals surface area contributed by atoms with Gasteiger partial charge in [-0.2, -0.15) is 9.66 Å². The van der Waals surface area contributed by atoms with Crippen LogP contribution in [0.5, 0.6) is 0 Å². The van der Waals surface area contributed by atoms with Crippen molar-refractivity contribution < 1.29 is 9.20 Å². The number of fused-ring (bicyclic) bond motifs is 1. The van der Waals surface area contributed by atoms with E-state index in [1.165, 1.54) is 0 Å². The summed E-state index contributed by atoms with van der Waals surface area (Å²) in [5, 5.41) is 12.6. The molecule has 9 nitrogen and oxygen atoms in total. The molecule has 148 valence electrons. The number of imidazole rings is 1. The van der Waals surface area contributed by atoms with Crippen molar-refractivity contribution in [2.45, 2.75) is 18.9 Å². The first-order chi connectivity index (χ1) is 14.0. The predicted molar refractivity (Wildman–Crippen MR) is 107 cm³/mol. The maximum absolute atomic E-state index is 12.3. The maximum atomic E-state index is 12.3. The van der Waals surface area contributed by atoms with Gasteiger partial charge in [0.1, 0.15) is 24.3 Å². The van der Waals surface area contributed by atoms with Crippen molar-refractivity contribution in [3.05, 3.63) is 42.4 Å². The molecule has 0 aromatic carbocycles. The number of nitriles is 1. The Balaban J connectivity index is 1.55. The first kappa shape index (κ1) is 18.7. The second-order valence-corrected chi connectivity index (χ2v) is 7.33. The summed E-state index contributed by atoms with van der Waals surface area (Å²) in [5.41, 5.74) is 2.19. The van der Waals surface area contributed by atoms with Gasteiger partial charge in [-0.1, -0.05) is 0 Å². The van der Waals surface area contributed by atoms with Crippen LogP contribution < -0.4 is 9.72 Å². The predicted octanol–water partition coefficient (Wildman–Crippen LogP) is 1.64. The average molecular weight is 391 g/mol. The van der Waals surface area contributed by atoms with Crippen molar-refractivity contribution >= 4 is 17.5 Å². The van der Waals surface area contributed by atoms with Gasteiger partial charge < -0.3 is 15.1 Å². The van der Waals surface area contributed by atoms with Crippen LogP contribution in [-0.4, -0.2) is 64.0 Å². The normalized spacial score (nSPS) is 16.4. The fourth-order valence-electron chi connectivity index (χ4n) is 3.59. The van der Waals surface area contributed by atoms with Crippen molar-refractivity contribution in [2.24, 2.45) is 0 Å². The van der Waals surface area contributed by atoms with E-state index in [-0.39, 0.29) is 12.1 Å². The molecule has 3 aromatic heterocycles. The van der Waals surface area contributed by atoms with Crippen LogP contribution in [0.15, 0.2) is 36.8 Å². The van der Waals surface area contributed by atoms with Gasteiger partial charge in [0.2, 0.25) is 11.5 Å². The molecule has 1 atom stereocenters. The van der Waals surface area contributed by atoms with E-state index in [1.54, 1.807) is 37.5 Å². The van der Waals surface area contributed by atoms with Crippen LogP contribution in [0.25, 0.3) is 17.2 Å². The monoisotopic (exact) mass is 391 g/mol. The minimum absolute atomic E-state index is 0.0309. The maximum Gasteiger partial charge on any atom is 0.319 e. The van der Waals surface area contributed by atoms with Gasteiger partial charge in [-0.05, 0) is 25.0 Å². The molecule has 3 aromatic rings. The number of aromatic amines is 1. The minimum atomic E-state index is 0.0309. The van der Waals surface area contributed by atoms with Gasteiger partial charge in [0, 0.05) is 45.5 Å². The summed E-state index contributed by atoms with van der Waals surface area (Å²) < 4.78 is 1.87. The highest BCUT2D eigenvalue weighted by Crippen LogP contribution is 2.18. The lowest BCUT2D eigenvalue weighted by molar-refractivity contribution is -0.498. The molecule has 0 bridgehead atoms. The molecule has 2 N–H and O–H groups in total. The second-order valence-electron chi connectivity index (χ2n) is 7.33. The quantitative estimate of drug-likeness (QED) is 0.661. The molecule has 0 unspecified atom stereocenters. The standard InChI is InChI=1S/C20H22N8O/c1-26(2)20(29)27-9-3-4-15(13-27)24-17-7-8-22-19(25-17)16-11-23-18-6-5-14(10-21)12-28(16)18/h5-8,11-12,15H,3-4,9,13H2,1-2H3,(H,22,24,25)/p+1/t15-/m1/s1. The van der Waals surface area contributed by atoms with E-state index in [0.717, 1.165) is 30.7 Å². The van der Waals surface area contributed by atoms with E-state index in [4.69, 9.17) is 0 Å². The zero-order chi connectivity index (χ0) is 20.4. The fraction of sp³-hybridized carbons (Fsp3) is 0.350. The Hall–Kier alpha value is -3.67. The molecule has 29 heavy (non-hydrogen) atoms. The highest BCUT2D eigenvalue weighted by molar-refractivity contribution is 5.74. The van der Waals surface area contributed by atoms with E-state index in [1.807, 2.05) is 27.6 Å². The number of hydrogen-bond donors (Lipinski definition) is 2. The smallest absolute Gasteiger partial charge is 0.319 e. The van der Waals surface area contributed by atoms with Gasteiger partial charge in [0.25, 0.3) is 5.65 Å². The number of anilines is 1. The number of nitrogens with one attached hydrogen (secondary N) is 2. The number of urea groups is 1. The topological polar surface area (TPSA) is 105 Å². The molecule has 2 amide bonds. The molecule has 1 saturated heterocycles. The van der Waals surface area contributed by atoms with Gasteiger partial charge in [0.05, 0.1) is 5.56 Å². The van der Waals surface area contributed by atoms with Crippen LogP contribution in [0.2, 0.25) is 0 Å². The number of hydrogen-bond acceptors (Lipinski definition) is 5. The molecular weight excluding hydrogens is 368 g/mol. The van der Waals surface area contributed by atoms with Crippen molar-refractivity contribution in [3.8, 4) is 17.6 Å². The molecule has 1 fully saturated rings. The minimum Gasteiger partial charge on any atom is -0.365 e. The van der Waals surface area contributed by atoms with Crippen LogP contribution in [0.3, 0.4) is 0 Å². The number of H-pyrrole nitrogens is 1. The summed E-state index contributed by atoms with van der Waals surface area (Å²) >= 11 is 0. The zero-order valence-corrected chi connectivity index (χ0v) is 16.5. The largest absolute Gasteiger partial charge is 0.365 e. The molecule has 1 aliphatic heterocycles. The molecule has 0 aliphatic carbocycles. The summed E-state index contributed by atoms with van der Waals surface area (Å²) in [6.45, 7) is 1.42. The lowest BCUT2D eigenvalue weighted by atomic mass is 10.1. The molecule has 9 heteroatoms. The first-order valence-electron chi connectivity index (χ1n) is 9.54. The molecule has 4 heterocycles. The number of amides is 2. The average Bonchev–Trinajstić information content (AvgIpc) is 3.16. The Morgan fingerprint density at radius 2 is 2.28 bits per heavy atom. The van der Waals surface area contributed by atoms with Crippen molar-refractivity contribution in [1.82, 2.24) is 24.8 Å². The number of piperidine rings is 1. The summed E-state index contributed by atoms with van der Waals surface area (Å²) in [6.07, 6.45) is 7.22. The van der Waals surface area contributed by atoms with Crippen LogP contribution in [0, 0.1) is 11.3 Å². The van der Waals surface area contributed by atoms with Gasteiger partial charge in [-0.3, -0.25) is 0 Å². The molecule has 0 saturated carbocycles. The van der Waals surface area contributed by atoms with Crippen molar-refractivity contribution in [2.75, 3.05) is 32.5 Å². The van der Waals surface area contributed by atoms with Crippen LogP contribution >= 0.6 is 0 Å². The molecule has 0 radical (unpaired) electrons. The molecule has 1 aliphatic rings. The number of rotatable bonds is 3. The summed E-state index contributed by atoms with van der Waals surface area (Å²) in [7, 11) is 3.54. The van der Waals surface area contributed by atoms with Gasteiger partial charge in [-0.15, -0.1) is 0 Å². The third kappa shape index (κ3) is 3.82. The Morgan fingerprint density at radius 1 is 1.41 bits per heavy atom. The number of carbonyl (C=O) groups excluding carboxylic acids is 1. The van der Waals surface area contributed by atoms with Crippen molar-refractivity contribution in [1.29, 1.82) is 5.26 Å². The third-order valence-corrected chi connectivity index (χ3v) is 5.01. The van der Waals surface area contributed by atoms with E-state index in [2.05, 4.69) is 26.3 Å². The van der Waals surface area contributed by atoms with Gasteiger partial charge in [-0.25, -0.2) is 19.7 Å². The van der Waals surface area contributed by atoms with E-state index in [0.29, 0.717) is 23.8 Å². The van der Waals surface area contributed by atoms with Crippen LogP contribution in [-0.2, 0) is 0 Å². The highest BCUT2D eigenvalue weighted by Gasteiger charge is 2.25. The summed E-state index contributed by atoms with van der Waals surface area (Å²) in [6, 6.07) is 7.76. The second kappa shape index (κ2) is 7.75. The number of likely N-dealkylation sites (tertiary alicyclic amines) is 1. The van der Waals surface area contributed by atoms with Crippen LogP contribution in [0.4, 0.5) is 10.6 Å². The number of pyridine rings is 1. The van der Waals surface area contributed by atoms with E-state index in [9.17, 15) is 10.1 Å². The Bertz CT molecular complexity index is 1080. The molecule has 4 rings (SSSR count). The number of carbonyl (C=O) groups is 1. The van der Waals surface area contributed by atoms with E-state index < -0.39 is 0 Å². The summed E-state index contributed by atoms with van der Waals surface area (Å²) in [5.74, 6) is 1.27. The zero-order valence-electron chi connectivity index (χ0n) is 16.5. The summed E-state index contributed by atoms with van der Waals surface area (Å²) in [4.78, 5) is 28.0. The number of aromatic nitrogens is 4. The fourth-order valence-corrected chi connectivity index (χ4v) is 3.59. The first-order valence-corrected chi connectivity index (χ1v) is 9.54. The molecule has 0 spiro atoms. The van der Waals surface area contributed by atoms with Gasteiger partial charge >= 0.3 is 6.03 Å². The van der Waals surface area contributed by atoms with Crippen LogP contribution in [0.1, 0.15) is 18.4 Å². The third-order valence-electron chi connectivity index (χ3n) is 5.01. The van der Waals surface area contributed by atoms with E-state index >= 15 is 0 Å². The van der Waals surface area contributed by atoms with Gasteiger partial charge in [0.15, 0.2) is 0 Å². The number of nitrogens with zero attached hydrogens (tertiary/aromatic N) is 6. The Kier molecular flexibility index (Phi) is 4.99. The molecular formula is C20H23N8O+. The highest BCUT2D eigenvalue weighted by atomic mass is 16.2. The Morgan fingerprint density at radius 3 is 3.07 bits per heavy atom.